The van der Waals surface area contributed by atoms with Gasteiger partial charge in [-0.05, 0) is 31.4 Å². The number of carbonyl (C=O) groups excluding carboxylic acids is 1. The van der Waals surface area contributed by atoms with Gasteiger partial charge in [-0.3, -0.25) is 0 Å². The van der Waals surface area contributed by atoms with Crippen molar-refractivity contribution in [2.75, 3.05) is 18.6 Å². The number of anilines is 1. The van der Waals surface area contributed by atoms with Crippen LogP contribution in [0.3, 0.4) is 0 Å². The van der Waals surface area contributed by atoms with Crippen molar-refractivity contribution in [3.63, 3.8) is 0 Å². The number of carboxylic acids is 1. The van der Waals surface area contributed by atoms with Crippen LogP contribution >= 0.6 is 0 Å². The summed E-state index contributed by atoms with van der Waals surface area (Å²) in [6, 6.07) is 3.32. The highest BCUT2D eigenvalue weighted by atomic mass is 16.5. The molecule has 0 saturated carbocycles. The van der Waals surface area contributed by atoms with Crippen molar-refractivity contribution in [3.05, 3.63) is 24.0 Å². The zero-order chi connectivity index (χ0) is 14.8. The normalized spacial score (nSPS) is 21.8. The van der Waals surface area contributed by atoms with E-state index in [2.05, 4.69) is 9.72 Å². The van der Waals surface area contributed by atoms with E-state index in [0.717, 1.165) is 6.42 Å². The van der Waals surface area contributed by atoms with Gasteiger partial charge in [0.2, 0.25) is 0 Å². The minimum Gasteiger partial charge on any atom is -0.479 e. The van der Waals surface area contributed by atoms with Crippen molar-refractivity contribution >= 4 is 17.6 Å². The van der Waals surface area contributed by atoms with Gasteiger partial charge in [0.05, 0.1) is 7.11 Å². The molecule has 0 bridgehead atoms. The maximum absolute atomic E-state index is 11.7. The molecule has 1 aliphatic rings. The Bertz CT molecular complexity index is 532. The van der Waals surface area contributed by atoms with Gasteiger partial charge in [-0.2, -0.15) is 0 Å². The summed E-state index contributed by atoms with van der Waals surface area (Å²) >= 11 is 0. The molecule has 0 spiro atoms. The molecule has 1 aliphatic heterocycles. The van der Waals surface area contributed by atoms with Gasteiger partial charge in [0.1, 0.15) is 11.2 Å². The highest BCUT2D eigenvalue weighted by molar-refractivity contribution is 5.89. The maximum atomic E-state index is 11.7. The number of ether oxygens (including phenoxy) is 1. The van der Waals surface area contributed by atoms with Crippen LogP contribution in [-0.4, -0.2) is 41.2 Å². The molecule has 1 aromatic rings. The summed E-state index contributed by atoms with van der Waals surface area (Å²) in [5, 5.41) is 9.57. The Hall–Kier alpha value is -2.11. The number of esters is 1. The Labute approximate surface area is 117 Å². The Morgan fingerprint density at radius 2 is 2.30 bits per heavy atom. The van der Waals surface area contributed by atoms with Crippen LogP contribution in [0.1, 0.15) is 36.7 Å². The molecule has 1 atom stereocenters. The van der Waals surface area contributed by atoms with Crippen LogP contribution in [0.15, 0.2) is 18.3 Å². The number of carbonyl (C=O) groups is 2. The molecule has 6 nitrogen and oxygen atoms in total. The molecule has 108 valence electrons. The maximum Gasteiger partial charge on any atom is 0.356 e. The Morgan fingerprint density at radius 3 is 2.90 bits per heavy atom. The first kappa shape index (κ1) is 14.3. The van der Waals surface area contributed by atoms with Crippen LogP contribution in [0.4, 0.5) is 5.69 Å². The van der Waals surface area contributed by atoms with Gasteiger partial charge >= 0.3 is 11.9 Å². The predicted octanol–water partition coefficient (Wildman–Crippen LogP) is 1.70. The molecular formula is C14H18N2O4. The number of rotatable bonds is 4. The van der Waals surface area contributed by atoms with Gasteiger partial charge < -0.3 is 14.7 Å². The molecule has 0 radical (unpaired) electrons. The summed E-state index contributed by atoms with van der Waals surface area (Å²) in [5.74, 6) is -1.35. The van der Waals surface area contributed by atoms with E-state index in [1.165, 1.54) is 13.3 Å². The van der Waals surface area contributed by atoms with Crippen molar-refractivity contribution in [1.82, 2.24) is 4.98 Å². The number of pyridine rings is 1. The number of nitrogens with zero attached hydrogens (tertiary/aromatic N) is 2. The molecule has 1 fully saturated rings. The molecule has 1 N–H and O–H groups in total. The zero-order valence-electron chi connectivity index (χ0n) is 11.6. The van der Waals surface area contributed by atoms with Crippen LogP contribution in [0.2, 0.25) is 0 Å². The largest absolute Gasteiger partial charge is 0.479 e. The van der Waals surface area contributed by atoms with Crippen LogP contribution in [0.5, 0.6) is 0 Å². The molecule has 1 aromatic heterocycles. The molecule has 0 amide bonds. The summed E-state index contributed by atoms with van der Waals surface area (Å²) in [4.78, 5) is 29.0. The third-order valence-electron chi connectivity index (χ3n) is 3.92. The minimum atomic E-state index is -0.894. The third-order valence-corrected chi connectivity index (χ3v) is 3.92. The van der Waals surface area contributed by atoms with E-state index in [0.29, 0.717) is 25.1 Å². The molecule has 1 unspecified atom stereocenters. The second-order valence-corrected chi connectivity index (χ2v) is 4.84. The SMILES string of the molecule is CCC1(C(=O)O)CCCN1c1ccnc(C(=O)OC)c1. The monoisotopic (exact) mass is 278 g/mol. The molecule has 0 aliphatic carbocycles. The van der Waals surface area contributed by atoms with E-state index in [4.69, 9.17) is 0 Å². The second-order valence-electron chi connectivity index (χ2n) is 4.84. The molecule has 2 rings (SSSR count). The Kier molecular flexibility index (Phi) is 3.92. The lowest BCUT2D eigenvalue weighted by atomic mass is 9.92. The fourth-order valence-corrected chi connectivity index (χ4v) is 2.80. The fraction of sp³-hybridized carbons (Fsp3) is 0.500. The van der Waals surface area contributed by atoms with E-state index in [1.807, 2.05) is 11.8 Å². The van der Waals surface area contributed by atoms with Gasteiger partial charge in [-0.25, -0.2) is 14.6 Å². The average Bonchev–Trinajstić information content (AvgIpc) is 2.91. The van der Waals surface area contributed by atoms with E-state index in [1.54, 1.807) is 12.1 Å². The van der Waals surface area contributed by atoms with Gasteiger partial charge in [-0.1, -0.05) is 6.92 Å². The predicted molar refractivity (Wildman–Crippen MR) is 72.8 cm³/mol. The number of carboxylic acid groups (broad SMARTS) is 1. The van der Waals surface area contributed by atoms with Crippen LogP contribution in [0.25, 0.3) is 0 Å². The summed E-state index contributed by atoms with van der Waals surface area (Å²) in [7, 11) is 1.29. The number of hydrogen-bond donors (Lipinski definition) is 1. The van der Waals surface area contributed by atoms with E-state index in [-0.39, 0.29) is 5.69 Å². The van der Waals surface area contributed by atoms with Crippen LogP contribution in [0, 0.1) is 0 Å². The molecule has 0 aromatic carbocycles. The van der Waals surface area contributed by atoms with Crippen molar-refractivity contribution < 1.29 is 19.4 Å². The van der Waals surface area contributed by atoms with E-state index < -0.39 is 17.5 Å². The van der Waals surface area contributed by atoms with Crippen molar-refractivity contribution in [3.8, 4) is 0 Å². The lowest BCUT2D eigenvalue weighted by molar-refractivity contribution is -0.143. The van der Waals surface area contributed by atoms with Crippen LogP contribution in [-0.2, 0) is 9.53 Å². The minimum absolute atomic E-state index is 0.187. The topological polar surface area (TPSA) is 79.7 Å². The van der Waals surface area contributed by atoms with Crippen LogP contribution < -0.4 is 4.90 Å². The summed E-state index contributed by atoms with van der Waals surface area (Å²) in [6.07, 6.45) is 3.44. The van der Waals surface area contributed by atoms with Crippen molar-refractivity contribution in [2.24, 2.45) is 0 Å². The summed E-state index contributed by atoms with van der Waals surface area (Å²) in [6.45, 7) is 2.53. The lowest BCUT2D eigenvalue weighted by Crippen LogP contribution is -2.50. The summed E-state index contributed by atoms with van der Waals surface area (Å²) < 4.78 is 4.64. The smallest absolute Gasteiger partial charge is 0.356 e. The van der Waals surface area contributed by atoms with Gasteiger partial charge in [-0.15, -0.1) is 0 Å². The molecular weight excluding hydrogens is 260 g/mol. The van der Waals surface area contributed by atoms with Gasteiger partial charge in [0.25, 0.3) is 0 Å². The quantitative estimate of drug-likeness (QED) is 0.844. The highest BCUT2D eigenvalue weighted by Crippen LogP contribution is 2.37. The van der Waals surface area contributed by atoms with Gasteiger partial charge in [0, 0.05) is 18.4 Å². The van der Waals surface area contributed by atoms with Gasteiger partial charge in [0.15, 0.2) is 0 Å². The first-order valence-corrected chi connectivity index (χ1v) is 6.60. The van der Waals surface area contributed by atoms with Crippen molar-refractivity contribution in [1.29, 1.82) is 0 Å². The number of methoxy groups -OCH3 is 1. The number of aliphatic carboxylic acids is 1. The first-order chi connectivity index (χ1) is 9.55. The average molecular weight is 278 g/mol. The standard InChI is InChI=1S/C14H18N2O4/c1-3-14(13(18)19)6-4-8-16(14)10-5-7-15-11(9-10)12(17)20-2/h5,7,9H,3-4,6,8H2,1-2H3,(H,18,19). The van der Waals surface area contributed by atoms with E-state index >= 15 is 0 Å². The summed E-state index contributed by atoms with van der Waals surface area (Å²) in [5.41, 5.74) is -0.0104. The van der Waals surface area contributed by atoms with Crippen molar-refractivity contribution in [2.45, 2.75) is 31.7 Å². The Balaban J connectivity index is 2.40. The molecule has 2 heterocycles. The number of hydrogen-bond acceptors (Lipinski definition) is 5. The zero-order valence-corrected chi connectivity index (χ0v) is 11.6. The third kappa shape index (κ3) is 2.21. The second kappa shape index (κ2) is 5.48. The molecule has 1 saturated heterocycles. The van der Waals surface area contributed by atoms with E-state index in [9.17, 15) is 14.7 Å². The first-order valence-electron chi connectivity index (χ1n) is 6.60. The fourth-order valence-electron chi connectivity index (χ4n) is 2.80. The lowest BCUT2D eigenvalue weighted by Gasteiger charge is -2.35. The Morgan fingerprint density at radius 1 is 1.55 bits per heavy atom. The molecule has 6 heteroatoms. The highest BCUT2D eigenvalue weighted by Gasteiger charge is 2.46. The number of aromatic nitrogens is 1. The molecule has 20 heavy (non-hydrogen) atoms.